The lowest BCUT2D eigenvalue weighted by molar-refractivity contribution is 0.915. The number of aryl methyl sites for hydroxylation is 2. The van der Waals surface area contributed by atoms with Crippen molar-refractivity contribution in [2.24, 2.45) is 5.92 Å². The van der Waals surface area contributed by atoms with Crippen LogP contribution in [0.3, 0.4) is 0 Å². The topological polar surface area (TPSA) is 25.8 Å². The van der Waals surface area contributed by atoms with Gasteiger partial charge in [-0.3, -0.25) is 0 Å². The number of fused-ring (bicyclic) bond motifs is 3. The van der Waals surface area contributed by atoms with E-state index in [0.717, 1.165) is 22.0 Å². The number of thioether (sulfide) groups is 1. The Bertz CT molecular complexity index is 653. The summed E-state index contributed by atoms with van der Waals surface area (Å²) in [4.78, 5) is 11.5. The van der Waals surface area contributed by atoms with Crippen molar-refractivity contribution in [2.75, 3.05) is 5.75 Å². The molecular weight excluding hydrogens is 319 g/mol. The number of aromatic nitrogens is 2. The largest absolute Gasteiger partial charge is 0.229 e. The first kappa shape index (κ1) is 12.7. The van der Waals surface area contributed by atoms with Crippen molar-refractivity contribution in [1.82, 2.24) is 9.97 Å². The minimum absolute atomic E-state index is 0.400. The molecule has 0 spiro atoms. The number of halogens is 2. The lowest BCUT2D eigenvalue weighted by Gasteiger charge is -2.03. The van der Waals surface area contributed by atoms with Gasteiger partial charge in [0.25, 0.3) is 0 Å². The maximum Gasteiger partial charge on any atom is 0.128 e. The van der Waals surface area contributed by atoms with Gasteiger partial charge in [0.2, 0.25) is 0 Å². The van der Waals surface area contributed by atoms with Crippen LogP contribution in [0.15, 0.2) is 11.4 Å². The van der Waals surface area contributed by atoms with Gasteiger partial charge in [0.1, 0.15) is 20.5 Å². The van der Waals surface area contributed by atoms with Crippen molar-refractivity contribution in [3.05, 3.63) is 16.8 Å². The van der Waals surface area contributed by atoms with E-state index in [1.54, 1.807) is 18.1 Å². The zero-order valence-electron chi connectivity index (χ0n) is 10.2. The van der Waals surface area contributed by atoms with Crippen LogP contribution in [-0.2, 0) is 12.8 Å². The van der Waals surface area contributed by atoms with Gasteiger partial charge in [-0.2, -0.15) is 0 Å². The van der Waals surface area contributed by atoms with Gasteiger partial charge in [0.05, 0.1) is 0 Å². The second kappa shape index (κ2) is 4.48. The molecule has 2 aromatic rings. The van der Waals surface area contributed by atoms with Gasteiger partial charge in [0, 0.05) is 21.9 Å². The fourth-order valence-corrected chi connectivity index (χ4v) is 5.89. The van der Waals surface area contributed by atoms with Crippen LogP contribution in [0.4, 0.5) is 0 Å². The van der Waals surface area contributed by atoms with Crippen molar-refractivity contribution < 1.29 is 0 Å². The van der Waals surface area contributed by atoms with E-state index in [-0.39, 0.29) is 0 Å². The SMILES string of the molecule is ClC1(Cl)C[C@H]1CSc1ncnc2sc3c(c12)CCC3. The molecule has 2 aromatic heterocycles. The molecule has 0 aromatic carbocycles. The maximum atomic E-state index is 6.09. The number of hydrogen-bond donors (Lipinski definition) is 0. The quantitative estimate of drug-likeness (QED) is 0.472. The molecule has 2 aliphatic carbocycles. The molecule has 1 atom stereocenters. The fraction of sp³-hybridized carbons (Fsp3) is 0.538. The average Bonchev–Trinajstić information content (AvgIpc) is 2.76. The van der Waals surface area contributed by atoms with E-state index >= 15 is 0 Å². The van der Waals surface area contributed by atoms with E-state index < -0.39 is 4.33 Å². The Kier molecular flexibility index (Phi) is 3.00. The Morgan fingerprint density at radius 2 is 2.21 bits per heavy atom. The van der Waals surface area contributed by atoms with Gasteiger partial charge < -0.3 is 0 Å². The molecule has 1 saturated carbocycles. The number of nitrogens with zero attached hydrogens (tertiary/aromatic N) is 2. The molecule has 0 unspecified atom stereocenters. The molecule has 2 aliphatic rings. The van der Waals surface area contributed by atoms with Crippen LogP contribution in [-0.4, -0.2) is 20.1 Å². The number of rotatable bonds is 3. The average molecular weight is 331 g/mol. The summed E-state index contributed by atoms with van der Waals surface area (Å²) in [6.07, 6.45) is 6.23. The smallest absolute Gasteiger partial charge is 0.128 e. The minimum atomic E-state index is -0.490. The molecule has 19 heavy (non-hydrogen) atoms. The lowest BCUT2D eigenvalue weighted by Crippen LogP contribution is -1.94. The molecule has 4 rings (SSSR count). The van der Waals surface area contributed by atoms with Crippen LogP contribution in [0.25, 0.3) is 10.2 Å². The normalized spacial score (nSPS) is 23.8. The summed E-state index contributed by atoms with van der Waals surface area (Å²) < 4.78 is -0.490. The highest BCUT2D eigenvalue weighted by molar-refractivity contribution is 7.99. The van der Waals surface area contributed by atoms with Crippen LogP contribution in [0.5, 0.6) is 0 Å². The first-order valence-electron chi connectivity index (χ1n) is 6.41. The van der Waals surface area contributed by atoms with E-state index in [4.69, 9.17) is 23.2 Å². The Balaban J connectivity index is 1.66. The van der Waals surface area contributed by atoms with E-state index in [1.807, 2.05) is 11.3 Å². The first-order valence-corrected chi connectivity index (χ1v) is 8.97. The van der Waals surface area contributed by atoms with Gasteiger partial charge in [-0.1, -0.05) is 0 Å². The Hall–Kier alpha value is -0.0300. The number of hydrogen-bond acceptors (Lipinski definition) is 4. The molecule has 1 fully saturated rings. The van der Waals surface area contributed by atoms with Crippen molar-refractivity contribution in [1.29, 1.82) is 0 Å². The van der Waals surface area contributed by atoms with Crippen LogP contribution in [0, 0.1) is 5.92 Å². The monoisotopic (exact) mass is 330 g/mol. The van der Waals surface area contributed by atoms with Gasteiger partial charge >= 0.3 is 0 Å². The zero-order valence-corrected chi connectivity index (χ0v) is 13.3. The lowest BCUT2D eigenvalue weighted by atomic mass is 10.2. The number of thiophene rings is 1. The van der Waals surface area contributed by atoms with Crippen molar-refractivity contribution in [3.8, 4) is 0 Å². The summed E-state index contributed by atoms with van der Waals surface area (Å²) in [5, 5.41) is 2.40. The Morgan fingerprint density at radius 3 is 3.00 bits per heavy atom. The summed E-state index contributed by atoms with van der Waals surface area (Å²) in [6, 6.07) is 0. The first-order chi connectivity index (χ1) is 9.15. The van der Waals surface area contributed by atoms with Gasteiger partial charge in [-0.15, -0.1) is 46.3 Å². The second-order valence-electron chi connectivity index (χ2n) is 5.19. The van der Waals surface area contributed by atoms with Crippen LogP contribution in [0.2, 0.25) is 0 Å². The van der Waals surface area contributed by atoms with E-state index in [9.17, 15) is 0 Å². The third-order valence-electron chi connectivity index (χ3n) is 3.84. The highest BCUT2D eigenvalue weighted by Crippen LogP contribution is 2.55. The Morgan fingerprint density at radius 1 is 1.37 bits per heavy atom. The molecule has 0 bridgehead atoms. The Labute approximate surface area is 129 Å². The van der Waals surface area contributed by atoms with Crippen LogP contribution >= 0.6 is 46.3 Å². The van der Waals surface area contributed by atoms with Crippen LogP contribution < -0.4 is 0 Å². The van der Waals surface area contributed by atoms with Crippen molar-refractivity contribution in [3.63, 3.8) is 0 Å². The highest BCUT2D eigenvalue weighted by Gasteiger charge is 2.51. The third kappa shape index (κ3) is 2.17. The van der Waals surface area contributed by atoms with E-state index in [0.29, 0.717) is 5.92 Å². The maximum absolute atomic E-state index is 6.09. The van der Waals surface area contributed by atoms with Crippen molar-refractivity contribution in [2.45, 2.75) is 35.0 Å². The molecule has 2 nitrogen and oxygen atoms in total. The molecule has 0 N–H and O–H groups in total. The van der Waals surface area contributed by atoms with E-state index in [1.165, 1.54) is 35.1 Å². The van der Waals surface area contributed by atoms with E-state index in [2.05, 4.69) is 9.97 Å². The molecule has 100 valence electrons. The van der Waals surface area contributed by atoms with Crippen LogP contribution in [0.1, 0.15) is 23.3 Å². The molecule has 0 radical (unpaired) electrons. The summed E-state index contributed by atoms with van der Waals surface area (Å²) in [5.41, 5.74) is 1.49. The van der Waals surface area contributed by atoms with Gasteiger partial charge in [0.15, 0.2) is 0 Å². The number of alkyl halides is 2. The standard InChI is InChI=1S/C13H12Cl2N2S2/c14-13(15)4-7(13)5-18-11-10-8-2-1-3-9(8)19-12(10)17-6-16-11/h6-7H,1-5H2/t7-/m0/s1. The van der Waals surface area contributed by atoms with Gasteiger partial charge in [-0.25, -0.2) is 9.97 Å². The van der Waals surface area contributed by atoms with Crippen molar-refractivity contribution >= 4 is 56.5 Å². The highest BCUT2D eigenvalue weighted by atomic mass is 35.5. The summed E-state index contributed by atoms with van der Waals surface area (Å²) >= 11 is 15.8. The zero-order chi connectivity index (χ0) is 13.0. The minimum Gasteiger partial charge on any atom is -0.229 e. The fourth-order valence-electron chi connectivity index (χ4n) is 2.64. The molecule has 6 heteroatoms. The molecule has 0 saturated heterocycles. The summed E-state index contributed by atoms with van der Waals surface area (Å²) in [7, 11) is 0. The molecular formula is C13H12Cl2N2S2. The second-order valence-corrected chi connectivity index (χ2v) is 8.82. The predicted octanol–water partition coefficient (Wildman–Crippen LogP) is 4.47. The molecule has 0 amide bonds. The molecule has 0 aliphatic heterocycles. The predicted molar refractivity (Wildman–Crippen MR) is 82.7 cm³/mol. The van der Waals surface area contributed by atoms with Gasteiger partial charge in [-0.05, 0) is 31.2 Å². The third-order valence-corrected chi connectivity index (χ3v) is 7.12. The summed E-state index contributed by atoms with van der Waals surface area (Å²) in [6.45, 7) is 0. The molecule has 2 heterocycles. The summed E-state index contributed by atoms with van der Waals surface area (Å²) in [5.74, 6) is 1.35.